The normalized spacial score (nSPS) is 15.7. The largest absolute Gasteiger partial charge is 0.481 e. The summed E-state index contributed by atoms with van der Waals surface area (Å²) in [7, 11) is 4.56. The number of rotatable bonds is 7. The maximum Gasteiger partial charge on any atom is 0.279 e. The Hall–Kier alpha value is -3.89. The summed E-state index contributed by atoms with van der Waals surface area (Å²) in [4.78, 5) is 48.7. The maximum absolute atomic E-state index is 14.0. The monoisotopic (exact) mass is 556 g/mol. The summed E-state index contributed by atoms with van der Waals surface area (Å²) in [5.74, 6) is 0.101. The number of imidazole rings is 1. The third-order valence-electron chi connectivity index (χ3n) is 6.14. The predicted molar refractivity (Wildman–Crippen MR) is 147 cm³/mol. The zero-order valence-electron chi connectivity index (χ0n) is 21.4. The van der Waals surface area contributed by atoms with Gasteiger partial charge >= 0.3 is 0 Å². The van der Waals surface area contributed by atoms with Crippen LogP contribution in [0.15, 0.2) is 52.5 Å². The number of ether oxygens (including phenoxy) is 1. The Morgan fingerprint density at radius 2 is 1.87 bits per heavy atom. The van der Waals surface area contributed by atoms with Crippen LogP contribution in [-0.4, -0.2) is 46.5 Å². The fourth-order valence-electron chi connectivity index (χ4n) is 4.62. The molecule has 0 spiro atoms. The van der Waals surface area contributed by atoms with Crippen molar-refractivity contribution in [3.63, 3.8) is 0 Å². The van der Waals surface area contributed by atoms with E-state index in [2.05, 4.69) is 10.3 Å². The van der Waals surface area contributed by atoms with Crippen LogP contribution in [0.3, 0.4) is 0 Å². The second-order valence-electron chi connectivity index (χ2n) is 8.80. The van der Waals surface area contributed by atoms with Gasteiger partial charge in [0.25, 0.3) is 11.5 Å². The van der Waals surface area contributed by atoms with E-state index < -0.39 is 17.5 Å². The van der Waals surface area contributed by atoms with Gasteiger partial charge in [-0.15, -0.1) is 0 Å². The van der Waals surface area contributed by atoms with Crippen molar-refractivity contribution < 1.29 is 14.3 Å². The minimum atomic E-state index is -0.727. The van der Waals surface area contributed by atoms with E-state index >= 15 is 0 Å². The van der Waals surface area contributed by atoms with E-state index in [1.807, 2.05) is 18.4 Å². The number of amides is 2. The summed E-state index contributed by atoms with van der Waals surface area (Å²) < 4.78 is 8.65. The van der Waals surface area contributed by atoms with Crippen LogP contribution in [-0.2, 0) is 16.6 Å². The number of benzene rings is 1. The molecule has 198 valence electrons. The third kappa shape index (κ3) is 4.61. The Bertz CT molecular complexity index is 1520. The van der Waals surface area contributed by atoms with E-state index in [4.69, 9.17) is 32.9 Å². The SMILES string of the molecule is C/N=C(OC)\C(=C/NC=O)c1nc2c(n1C(C)C)C(c1ccc(Cl)cc1)N(c1cc(Cl)cn(C)c1=O)C2=O. The number of carbonyl (C=O) groups excluding carboxylic acids is 2. The molecule has 10 nitrogen and oxygen atoms in total. The molecule has 0 radical (unpaired) electrons. The van der Waals surface area contributed by atoms with Gasteiger partial charge in [-0.05, 0) is 37.6 Å². The van der Waals surface area contributed by atoms with Crippen LogP contribution in [0.5, 0.6) is 0 Å². The highest BCUT2D eigenvalue weighted by atomic mass is 35.5. The van der Waals surface area contributed by atoms with Crippen LogP contribution < -0.4 is 15.8 Å². The van der Waals surface area contributed by atoms with Crippen molar-refractivity contribution in [2.45, 2.75) is 25.9 Å². The van der Waals surface area contributed by atoms with Gasteiger partial charge in [0.1, 0.15) is 17.6 Å². The van der Waals surface area contributed by atoms with Gasteiger partial charge < -0.3 is 19.2 Å². The maximum atomic E-state index is 14.0. The van der Waals surface area contributed by atoms with Crippen LogP contribution in [0.25, 0.3) is 5.57 Å². The molecule has 2 aromatic heterocycles. The Kier molecular flexibility index (Phi) is 7.75. The van der Waals surface area contributed by atoms with Crippen LogP contribution in [0.4, 0.5) is 5.69 Å². The number of hydrogen-bond acceptors (Lipinski definition) is 6. The average molecular weight is 557 g/mol. The summed E-state index contributed by atoms with van der Waals surface area (Å²) in [6, 6.07) is 7.59. The number of halogens is 2. The predicted octanol–water partition coefficient (Wildman–Crippen LogP) is 3.98. The molecule has 4 rings (SSSR count). The highest BCUT2D eigenvalue weighted by molar-refractivity contribution is 6.31. The van der Waals surface area contributed by atoms with Gasteiger partial charge in [0.05, 0.1) is 23.4 Å². The van der Waals surface area contributed by atoms with Crippen molar-refractivity contribution in [2.24, 2.45) is 12.0 Å². The molecule has 1 N–H and O–H groups in total. The lowest BCUT2D eigenvalue weighted by atomic mass is 10.0. The fraction of sp³-hybridized carbons (Fsp3) is 0.269. The first kappa shape index (κ1) is 27.2. The molecular formula is C26H26Cl2N6O4. The van der Waals surface area contributed by atoms with Crippen molar-refractivity contribution in [1.82, 2.24) is 19.4 Å². The minimum absolute atomic E-state index is 0.117. The molecule has 2 amide bonds. The van der Waals surface area contributed by atoms with Gasteiger partial charge in [-0.2, -0.15) is 0 Å². The molecular weight excluding hydrogens is 531 g/mol. The fourth-order valence-corrected chi connectivity index (χ4v) is 4.99. The summed E-state index contributed by atoms with van der Waals surface area (Å²) >= 11 is 12.5. The molecule has 0 aliphatic carbocycles. The summed E-state index contributed by atoms with van der Waals surface area (Å²) in [5, 5.41) is 3.34. The number of nitrogens with zero attached hydrogens (tertiary/aromatic N) is 5. The molecule has 38 heavy (non-hydrogen) atoms. The molecule has 1 aliphatic heterocycles. The number of carbonyl (C=O) groups is 2. The molecule has 0 fully saturated rings. The molecule has 1 unspecified atom stereocenters. The number of aliphatic imine (C=N–C) groups is 1. The first-order valence-corrected chi connectivity index (χ1v) is 12.4. The molecule has 0 bridgehead atoms. The molecule has 3 heterocycles. The molecule has 1 aromatic carbocycles. The van der Waals surface area contributed by atoms with Crippen LogP contribution >= 0.6 is 23.2 Å². The minimum Gasteiger partial charge on any atom is -0.481 e. The highest BCUT2D eigenvalue weighted by Gasteiger charge is 2.46. The number of pyridine rings is 1. The standard InChI is InChI=1S/C26H26Cl2N6O4/c1-14(2)33-22-20(31-23(33)18(11-30-13-35)24(29-3)38-5)26(37)34(19-10-17(28)12-32(4)25(19)36)21(22)15-6-8-16(27)9-7-15/h6-14,21H,1-5H3,(H,30,35)/b18-11-,29-24+. The number of hydrogen-bond donors (Lipinski definition) is 1. The zero-order chi connectivity index (χ0) is 27.7. The molecule has 3 aromatic rings. The number of anilines is 1. The van der Waals surface area contributed by atoms with Crippen LogP contribution in [0.2, 0.25) is 10.0 Å². The Morgan fingerprint density at radius 1 is 1.18 bits per heavy atom. The number of nitrogens with one attached hydrogen (secondary N) is 1. The summed E-state index contributed by atoms with van der Waals surface area (Å²) in [6.07, 6.45) is 3.41. The topological polar surface area (TPSA) is 111 Å². The third-order valence-corrected chi connectivity index (χ3v) is 6.60. The van der Waals surface area contributed by atoms with Crippen molar-refractivity contribution in [1.29, 1.82) is 0 Å². The number of methoxy groups -OCH3 is 1. The lowest BCUT2D eigenvalue weighted by Gasteiger charge is -2.28. The van der Waals surface area contributed by atoms with Crippen molar-refractivity contribution in [3.05, 3.63) is 85.9 Å². The highest BCUT2D eigenvalue weighted by Crippen LogP contribution is 2.43. The first-order chi connectivity index (χ1) is 18.1. The van der Waals surface area contributed by atoms with E-state index in [-0.39, 0.29) is 23.3 Å². The van der Waals surface area contributed by atoms with E-state index in [1.165, 1.54) is 35.0 Å². The molecule has 1 aliphatic rings. The van der Waals surface area contributed by atoms with E-state index in [9.17, 15) is 14.4 Å². The van der Waals surface area contributed by atoms with Gasteiger partial charge in [0, 0.05) is 37.6 Å². The average Bonchev–Trinajstić information content (AvgIpc) is 3.39. The number of fused-ring (bicyclic) bond motifs is 1. The van der Waals surface area contributed by atoms with E-state index in [0.717, 1.165) is 0 Å². The van der Waals surface area contributed by atoms with Crippen LogP contribution in [0, 0.1) is 0 Å². The van der Waals surface area contributed by atoms with Gasteiger partial charge in [-0.1, -0.05) is 35.3 Å². The van der Waals surface area contributed by atoms with Gasteiger partial charge in [-0.25, -0.2) is 4.98 Å². The Labute approximate surface area is 229 Å². The smallest absolute Gasteiger partial charge is 0.279 e. The number of aromatic nitrogens is 3. The second-order valence-corrected chi connectivity index (χ2v) is 9.67. The van der Waals surface area contributed by atoms with Crippen LogP contribution in [0.1, 0.15) is 53.5 Å². The van der Waals surface area contributed by atoms with Crippen molar-refractivity contribution in [2.75, 3.05) is 19.1 Å². The summed E-state index contributed by atoms with van der Waals surface area (Å²) in [5.41, 5.74) is 1.53. The molecule has 1 atom stereocenters. The van der Waals surface area contributed by atoms with Gasteiger partial charge in [0.2, 0.25) is 12.3 Å². The Morgan fingerprint density at radius 3 is 2.45 bits per heavy atom. The lowest BCUT2D eigenvalue weighted by Crippen LogP contribution is -2.36. The lowest BCUT2D eigenvalue weighted by molar-refractivity contribution is -0.108. The van der Waals surface area contributed by atoms with E-state index in [1.54, 1.807) is 38.4 Å². The van der Waals surface area contributed by atoms with Gasteiger partial charge in [-0.3, -0.25) is 24.3 Å². The molecule has 12 heteroatoms. The quantitative estimate of drug-likeness (QED) is 0.269. The zero-order valence-corrected chi connectivity index (χ0v) is 22.9. The number of aryl methyl sites for hydroxylation is 1. The molecule has 0 saturated carbocycles. The first-order valence-electron chi connectivity index (χ1n) is 11.6. The summed E-state index contributed by atoms with van der Waals surface area (Å²) in [6.45, 7) is 3.88. The molecule has 0 saturated heterocycles. The van der Waals surface area contributed by atoms with E-state index in [0.29, 0.717) is 39.1 Å². The van der Waals surface area contributed by atoms with Gasteiger partial charge in [0.15, 0.2) is 5.69 Å². The van der Waals surface area contributed by atoms with Crippen molar-refractivity contribution >= 4 is 52.7 Å². The Balaban J connectivity index is 2.06. The van der Waals surface area contributed by atoms with Crippen molar-refractivity contribution in [3.8, 4) is 0 Å². The second kappa shape index (κ2) is 10.8.